The van der Waals surface area contributed by atoms with Crippen molar-refractivity contribution < 1.29 is 4.79 Å². The molecule has 25 heavy (non-hydrogen) atoms. The molecule has 132 valence electrons. The lowest BCUT2D eigenvalue weighted by molar-refractivity contribution is -0.139. The van der Waals surface area contributed by atoms with Crippen molar-refractivity contribution in [1.82, 2.24) is 19.8 Å². The minimum Gasteiger partial charge on any atom is -0.336 e. The van der Waals surface area contributed by atoms with Gasteiger partial charge in [0.1, 0.15) is 0 Å². The zero-order chi connectivity index (χ0) is 17.3. The molecule has 4 heterocycles. The molecule has 2 aliphatic rings. The van der Waals surface area contributed by atoms with Gasteiger partial charge in [0.15, 0.2) is 0 Å². The van der Waals surface area contributed by atoms with E-state index in [4.69, 9.17) is 0 Å². The van der Waals surface area contributed by atoms with E-state index in [0.29, 0.717) is 12.5 Å². The predicted octanol–water partition coefficient (Wildman–Crippen LogP) is 2.86. The van der Waals surface area contributed by atoms with Crippen LogP contribution in [0.5, 0.6) is 0 Å². The lowest BCUT2D eigenvalue weighted by Crippen LogP contribution is -2.47. The molecule has 5 nitrogen and oxygen atoms in total. The van der Waals surface area contributed by atoms with Crippen molar-refractivity contribution in [2.45, 2.75) is 39.3 Å². The summed E-state index contributed by atoms with van der Waals surface area (Å²) in [5.74, 6) is 0.323. The van der Waals surface area contributed by atoms with E-state index in [-0.39, 0.29) is 5.41 Å². The van der Waals surface area contributed by atoms with Gasteiger partial charge in [0, 0.05) is 31.2 Å². The van der Waals surface area contributed by atoms with E-state index in [1.807, 2.05) is 30.2 Å². The third-order valence-electron chi connectivity index (χ3n) is 5.39. The number of carbonyl (C=O) groups is 1. The summed E-state index contributed by atoms with van der Waals surface area (Å²) in [5.41, 5.74) is 1.91. The van der Waals surface area contributed by atoms with Crippen molar-refractivity contribution in [2.24, 2.45) is 5.41 Å². The molecular formula is C19H24N4OS. The summed E-state index contributed by atoms with van der Waals surface area (Å²) in [5, 5.41) is 3.14. The minimum atomic E-state index is -0.196. The lowest BCUT2D eigenvalue weighted by Gasteiger charge is -2.38. The smallest absolute Gasteiger partial charge is 0.230 e. The highest BCUT2D eigenvalue weighted by Crippen LogP contribution is 2.41. The van der Waals surface area contributed by atoms with Crippen LogP contribution in [0.4, 0.5) is 0 Å². The van der Waals surface area contributed by atoms with Gasteiger partial charge in [0.05, 0.1) is 28.4 Å². The zero-order valence-electron chi connectivity index (χ0n) is 14.6. The second-order valence-corrected chi connectivity index (χ2v) is 8.31. The molecule has 2 saturated heterocycles. The van der Waals surface area contributed by atoms with Crippen LogP contribution in [-0.2, 0) is 17.9 Å². The first-order chi connectivity index (χ1) is 12.1. The third-order valence-corrected chi connectivity index (χ3v) is 6.21. The van der Waals surface area contributed by atoms with Gasteiger partial charge in [-0.15, -0.1) is 11.3 Å². The van der Waals surface area contributed by atoms with Crippen molar-refractivity contribution in [3.8, 4) is 0 Å². The second-order valence-electron chi connectivity index (χ2n) is 7.25. The molecule has 0 saturated carbocycles. The predicted molar refractivity (Wildman–Crippen MR) is 98.1 cm³/mol. The molecule has 1 amide bonds. The van der Waals surface area contributed by atoms with E-state index in [9.17, 15) is 4.79 Å². The van der Waals surface area contributed by atoms with Gasteiger partial charge in [0.2, 0.25) is 5.91 Å². The third kappa shape index (κ3) is 3.46. The summed E-state index contributed by atoms with van der Waals surface area (Å²) in [6, 6.07) is 6.04. The van der Waals surface area contributed by atoms with Gasteiger partial charge in [-0.3, -0.25) is 14.7 Å². The van der Waals surface area contributed by atoms with Crippen LogP contribution in [-0.4, -0.2) is 45.3 Å². The zero-order valence-corrected chi connectivity index (χ0v) is 15.5. The average Bonchev–Trinajstić information content (AvgIpc) is 3.15. The molecule has 6 heteroatoms. The number of hydrogen-bond donors (Lipinski definition) is 0. The van der Waals surface area contributed by atoms with Gasteiger partial charge in [-0.05, 0) is 44.9 Å². The maximum absolute atomic E-state index is 13.2. The van der Waals surface area contributed by atoms with Crippen LogP contribution in [0.25, 0.3) is 0 Å². The molecule has 2 aliphatic heterocycles. The Morgan fingerprint density at radius 2 is 2.12 bits per heavy atom. The number of thiazole rings is 1. The van der Waals surface area contributed by atoms with Crippen LogP contribution < -0.4 is 0 Å². The summed E-state index contributed by atoms with van der Waals surface area (Å²) >= 11 is 1.65. The fourth-order valence-electron chi connectivity index (χ4n) is 4.18. The Kier molecular flexibility index (Phi) is 4.56. The first-order valence-electron chi connectivity index (χ1n) is 8.97. The molecule has 0 N–H and O–H groups in total. The monoisotopic (exact) mass is 356 g/mol. The Bertz CT molecular complexity index is 747. The van der Waals surface area contributed by atoms with Gasteiger partial charge in [-0.1, -0.05) is 6.07 Å². The van der Waals surface area contributed by atoms with Crippen molar-refractivity contribution in [3.63, 3.8) is 0 Å². The number of aryl methyl sites for hydroxylation is 1. The topological polar surface area (TPSA) is 49.3 Å². The van der Waals surface area contributed by atoms with Gasteiger partial charge in [0.25, 0.3) is 0 Å². The molecule has 2 aromatic rings. The molecule has 2 fully saturated rings. The number of hydrogen-bond acceptors (Lipinski definition) is 5. The van der Waals surface area contributed by atoms with Gasteiger partial charge >= 0.3 is 0 Å². The number of aromatic nitrogens is 2. The van der Waals surface area contributed by atoms with E-state index in [0.717, 1.165) is 61.8 Å². The fourth-order valence-corrected chi connectivity index (χ4v) is 4.79. The van der Waals surface area contributed by atoms with E-state index in [1.54, 1.807) is 11.3 Å². The highest BCUT2D eigenvalue weighted by atomic mass is 32.1. The van der Waals surface area contributed by atoms with Gasteiger partial charge in [-0.2, -0.15) is 0 Å². The molecule has 1 atom stereocenters. The number of piperidine rings is 1. The molecule has 1 spiro atoms. The Hall–Kier alpha value is -1.79. The van der Waals surface area contributed by atoms with E-state index < -0.39 is 0 Å². The number of pyridine rings is 1. The second kappa shape index (κ2) is 6.84. The number of rotatable bonds is 4. The van der Waals surface area contributed by atoms with Crippen molar-refractivity contribution >= 4 is 17.2 Å². The van der Waals surface area contributed by atoms with Crippen molar-refractivity contribution in [1.29, 1.82) is 0 Å². The molecule has 0 aromatic carbocycles. The summed E-state index contributed by atoms with van der Waals surface area (Å²) < 4.78 is 0. The summed E-state index contributed by atoms with van der Waals surface area (Å²) in [6.45, 7) is 6.27. The maximum atomic E-state index is 13.2. The van der Waals surface area contributed by atoms with E-state index in [1.165, 1.54) is 0 Å². The van der Waals surface area contributed by atoms with Crippen LogP contribution in [0, 0.1) is 12.3 Å². The van der Waals surface area contributed by atoms with Gasteiger partial charge < -0.3 is 4.90 Å². The Morgan fingerprint density at radius 1 is 1.20 bits per heavy atom. The van der Waals surface area contributed by atoms with Crippen LogP contribution >= 0.6 is 11.3 Å². The van der Waals surface area contributed by atoms with E-state index >= 15 is 0 Å². The first-order valence-corrected chi connectivity index (χ1v) is 9.85. The van der Waals surface area contributed by atoms with E-state index in [2.05, 4.69) is 26.3 Å². The molecule has 0 aliphatic carbocycles. The quantitative estimate of drug-likeness (QED) is 0.845. The highest BCUT2D eigenvalue weighted by Gasteiger charge is 2.48. The lowest BCUT2D eigenvalue weighted by atomic mass is 9.78. The summed E-state index contributed by atoms with van der Waals surface area (Å²) in [4.78, 5) is 26.5. The fraction of sp³-hybridized carbons (Fsp3) is 0.526. The molecule has 0 bridgehead atoms. The van der Waals surface area contributed by atoms with Crippen LogP contribution in [0.2, 0.25) is 0 Å². The van der Waals surface area contributed by atoms with Crippen molar-refractivity contribution in [3.05, 3.63) is 46.2 Å². The standard InChI is InChI=1S/C19H24N4OS/c1-15-21-17(13-25-15)12-23-10-7-19(18(23)24)6-4-9-22(14-19)11-16-5-2-3-8-20-16/h2-3,5,8,13H,4,6-7,9-12,14H2,1H3. The number of carbonyl (C=O) groups excluding carboxylic acids is 1. The molecule has 1 unspecified atom stereocenters. The largest absolute Gasteiger partial charge is 0.336 e. The first kappa shape index (κ1) is 16.7. The SMILES string of the molecule is Cc1nc(CN2CCC3(CCCN(Cc4ccccn4)C3)C2=O)cs1. The molecule has 4 rings (SSSR count). The normalized spacial score (nSPS) is 24.4. The molecular weight excluding hydrogens is 332 g/mol. The van der Waals surface area contributed by atoms with Crippen LogP contribution in [0.3, 0.4) is 0 Å². The minimum absolute atomic E-state index is 0.196. The van der Waals surface area contributed by atoms with Crippen LogP contribution in [0.1, 0.15) is 35.7 Å². The number of amides is 1. The van der Waals surface area contributed by atoms with Gasteiger partial charge in [-0.25, -0.2) is 4.98 Å². The Balaban J connectivity index is 1.43. The van der Waals surface area contributed by atoms with Crippen molar-refractivity contribution in [2.75, 3.05) is 19.6 Å². The maximum Gasteiger partial charge on any atom is 0.230 e. The Morgan fingerprint density at radius 3 is 2.88 bits per heavy atom. The number of likely N-dealkylation sites (tertiary alicyclic amines) is 2. The number of nitrogens with zero attached hydrogens (tertiary/aromatic N) is 4. The Labute approximate surface area is 152 Å². The molecule has 0 radical (unpaired) electrons. The summed E-state index contributed by atoms with van der Waals surface area (Å²) in [7, 11) is 0. The highest BCUT2D eigenvalue weighted by molar-refractivity contribution is 7.09. The molecule has 2 aromatic heterocycles. The average molecular weight is 356 g/mol. The van der Waals surface area contributed by atoms with Crippen LogP contribution in [0.15, 0.2) is 29.8 Å². The summed E-state index contributed by atoms with van der Waals surface area (Å²) in [6.07, 6.45) is 4.90.